The molecule has 23 heavy (non-hydrogen) atoms. The Labute approximate surface area is 146 Å². The molecule has 0 aromatic heterocycles. The standard InChI is InChI=1S/C17H30BNO2SSi/c1-18(20)19-9-8-14(13-19)16-7-6-15(12-17(16)21-2)22-10-11-23(3,4)5/h6-7,12,14,20H,8-11,13H2,1-5H3. The molecular formula is C17H30BNO2SSi. The van der Waals surface area contributed by atoms with E-state index in [-0.39, 0.29) is 7.05 Å². The Morgan fingerprint density at radius 3 is 2.70 bits per heavy atom. The molecular weight excluding hydrogens is 321 g/mol. The summed E-state index contributed by atoms with van der Waals surface area (Å²) in [5, 5.41) is 9.74. The third-order valence-electron chi connectivity index (χ3n) is 4.51. The van der Waals surface area contributed by atoms with Gasteiger partial charge in [-0.3, -0.25) is 0 Å². The van der Waals surface area contributed by atoms with Gasteiger partial charge in [-0.15, -0.1) is 11.8 Å². The van der Waals surface area contributed by atoms with E-state index in [1.807, 2.05) is 18.6 Å². The van der Waals surface area contributed by atoms with Crippen LogP contribution < -0.4 is 4.74 Å². The molecule has 1 heterocycles. The van der Waals surface area contributed by atoms with Gasteiger partial charge in [0, 0.05) is 18.9 Å². The Morgan fingerprint density at radius 1 is 1.39 bits per heavy atom. The van der Waals surface area contributed by atoms with Crippen molar-refractivity contribution < 1.29 is 9.76 Å². The molecule has 1 unspecified atom stereocenters. The third-order valence-corrected chi connectivity index (χ3v) is 7.62. The van der Waals surface area contributed by atoms with Crippen LogP contribution in [0.1, 0.15) is 17.9 Å². The van der Waals surface area contributed by atoms with E-state index in [2.05, 4.69) is 42.7 Å². The Hall–Kier alpha value is -0.428. The summed E-state index contributed by atoms with van der Waals surface area (Å²) in [6, 6.07) is 7.99. The summed E-state index contributed by atoms with van der Waals surface area (Å²) in [5.74, 6) is 2.65. The predicted molar refractivity (Wildman–Crippen MR) is 105 cm³/mol. The first-order valence-corrected chi connectivity index (χ1v) is 13.2. The summed E-state index contributed by atoms with van der Waals surface area (Å²) in [7, 11) is 0.437. The van der Waals surface area contributed by atoms with Crippen LogP contribution in [-0.2, 0) is 0 Å². The molecule has 0 amide bonds. The molecule has 2 rings (SSSR count). The van der Waals surface area contributed by atoms with E-state index < -0.39 is 8.07 Å². The van der Waals surface area contributed by atoms with Crippen molar-refractivity contribution in [3.8, 4) is 5.75 Å². The van der Waals surface area contributed by atoms with Gasteiger partial charge in [-0.25, -0.2) is 0 Å². The van der Waals surface area contributed by atoms with Crippen molar-refractivity contribution in [1.29, 1.82) is 0 Å². The summed E-state index contributed by atoms with van der Waals surface area (Å²) >= 11 is 1.94. The molecule has 1 aliphatic heterocycles. The number of methoxy groups -OCH3 is 1. The van der Waals surface area contributed by atoms with Gasteiger partial charge in [0.15, 0.2) is 0 Å². The topological polar surface area (TPSA) is 32.7 Å². The van der Waals surface area contributed by atoms with E-state index in [0.29, 0.717) is 5.92 Å². The van der Waals surface area contributed by atoms with Gasteiger partial charge >= 0.3 is 7.05 Å². The summed E-state index contributed by atoms with van der Waals surface area (Å²) in [5.41, 5.74) is 1.28. The van der Waals surface area contributed by atoms with Crippen LogP contribution in [0.4, 0.5) is 0 Å². The van der Waals surface area contributed by atoms with Crippen LogP contribution >= 0.6 is 11.8 Å². The zero-order valence-electron chi connectivity index (χ0n) is 15.1. The van der Waals surface area contributed by atoms with E-state index in [1.165, 1.54) is 22.3 Å². The second-order valence-electron chi connectivity index (χ2n) is 7.68. The van der Waals surface area contributed by atoms with Crippen LogP contribution in [0.5, 0.6) is 5.75 Å². The van der Waals surface area contributed by atoms with Crippen molar-refractivity contribution in [3.05, 3.63) is 23.8 Å². The fourth-order valence-electron chi connectivity index (χ4n) is 2.97. The summed E-state index contributed by atoms with van der Waals surface area (Å²) in [6.07, 6.45) is 1.09. The highest BCUT2D eigenvalue weighted by atomic mass is 32.2. The quantitative estimate of drug-likeness (QED) is 0.594. The second-order valence-corrected chi connectivity index (χ2v) is 14.5. The first-order chi connectivity index (χ1) is 10.8. The van der Waals surface area contributed by atoms with Crippen LogP contribution in [0.25, 0.3) is 0 Å². The average molecular weight is 351 g/mol. The predicted octanol–water partition coefficient (Wildman–Crippen LogP) is 4.03. The average Bonchev–Trinajstić information content (AvgIpc) is 2.95. The van der Waals surface area contributed by atoms with E-state index in [1.54, 1.807) is 7.11 Å². The van der Waals surface area contributed by atoms with Gasteiger partial charge in [-0.05, 0) is 55.8 Å². The normalized spacial score (nSPS) is 19.1. The van der Waals surface area contributed by atoms with Crippen LogP contribution in [0.15, 0.2) is 23.1 Å². The van der Waals surface area contributed by atoms with Crippen LogP contribution in [0.3, 0.4) is 0 Å². The number of hydrogen-bond donors (Lipinski definition) is 1. The molecule has 0 aliphatic carbocycles. The van der Waals surface area contributed by atoms with Crippen LogP contribution in [0, 0.1) is 0 Å². The molecule has 1 aliphatic rings. The van der Waals surface area contributed by atoms with Gasteiger partial charge in [0.25, 0.3) is 0 Å². The van der Waals surface area contributed by atoms with Crippen molar-refractivity contribution in [2.24, 2.45) is 0 Å². The third kappa shape index (κ3) is 5.55. The minimum absolute atomic E-state index is 0.359. The molecule has 1 saturated heterocycles. The van der Waals surface area contributed by atoms with Crippen LogP contribution in [-0.4, -0.2) is 50.9 Å². The van der Waals surface area contributed by atoms with Crippen molar-refractivity contribution in [2.45, 2.75) is 49.7 Å². The van der Waals surface area contributed by atoms with Gasteiger partial charge in [0.2, 0.25) is 0 Å². The molecule has 0 bridgehead atoms. The number of hydrogen-bond acceptors (Lipinski definition) is 4. The first kappa shape index (κ1) is 18.9. The Balaban J connectivity index is 2.02. The molecule has 6 heteroatoms. The zero-order chi connectivity index (χ0) is 17.0. The first-order valence-electron chi connectivity index (χ1n) is 8.53. The lowest BCUT2D eigenvalue weighted by Gasteiger charge is -2.19. The molecule has 1 atom stereocenters. The maximum absolute atomic E-state index is 9.74. The highest BCUT2D eigenvalue weighted by Gasteiger charge is 2.29. The minimum atomic E-state index is -0.965. The van der Waals surface area contributed by atoms with Gasteiger partial charge in [0.1, 0.15) is 5.75 Å². The minimum Gasteiger partial charge on any atom is -0.496 e. The fourth-order valence-corrected chi connectivity index (χ4v) is 6.42. The van der Waals surface area contributed by atoms with Gasteiger partial charge in [-0.1, -0.05) is 25.7 Å². The number of nitrogens with zero attached hydrogens (tertiary/aromatic N) is 1. The molecule has 3 nitrogen and oxygen atoms in total. The fraction of sp³-hybridized carbons (Fsp3) is 0.647. The SMILES string of the molecule is COc1cc(SCC[Si](C)(C)C)ccc1C1CCN(B(C)O)C1. The Kier molecular flexibility index (Phi) is 6.66. The number of benzene rings is 1. The van der Waals surface area contributed by atoms with Gasteiger partial charge < -0.3 is 14.6 Å². The summed E-state index contributed by atoms with van der Waals surface area (Å²) < 4.78 is 5.66. The number of ether oxygens (including phenoxy) is 1. The number of rotatable bonds is 7. The highest BCUT2D eigenvalue weighted by molar-refractivity contribution is 7.99. The van der Waals surface area contributed by atoms with Crippen molar-refractivity contribution >= 4 is 26.9 Å². The van der Waals surface area contributed by atoms with Crippen molar-refractivity contribution in [3.63, 3.8) is 0 Å². The lowest BCUT2D eigenvalue weighted by atomic mass is 9.85. The molecule has 0 radical (unpaired) electrons. The monoisotopic (exact) mass is 351 g/mol. The second kappa shape index (κ2) is 8.10. The molecule has 1 aromatic rings. The highest BCUT2D eigenvalue weighted by Crippen LogP contribution is 2.36. The van der Waals surface area contributed by atoms with Crippen molar-refractivity contribution in [1.82, 2.24) is 4.81 Å². The smallest absolute Gasteiger partial charge is 0.376 e. The van der Waals surface area contributed by atoms with E-state index in [9.17, 15) is 5.02 Å². The maximum atomic E-state index is 9.74. The lowest BCUT2D eigenvalue weighted by Crippen LogP contribution is -2.34. The molecule has 0 spiro atoms. The lowest BCUT2D eigenvalue weighted by molar-refractivity contribution is 0.399. The molecule has 1 fully saturated rings. The van der Waals surface area contributed by atoms with E-state index >= 15 is 0 Å². The number of thioether (sulfide) groups is 1. The summed E-state index contributed by atoms with van der Waals surface area (Å²) in [4.78, 5) is 3.43. The van der Waals surface area contributed by atoms with E-state index in [4.69, 9.17) is 4.74 Å². The Bertz CT molecular complexity index is 522. The van der Waals surface area contributed by atoms with Crippen LogP contribution in [0.2, 0.25) is 32.5 Å². The largest absolute Gasteiger partial charge is 0.496 e. The maximum Gasteiger partial charge on any atom is 0.376 e. The summed E-state index contributed by atoms with van der Waals surface area (Å²) in [6.45, 7) is 11.0. The van der Waals surface area contributed by atoms with E-state index in [0.717, 1.165) is 25.3 Å². The molecule has 1 N–H and O–H groups in total. The van der Waals surface area contributed by atoms with Crippen molar-refractivity contribution in [2.75, 3.05) is 26.0 Å². The molecule has 128 valence electrons. The van der Waals surface area contributed by atoms with Gasteiger partial charge in [0.05, 0.1) is 7.11 Å². The zero-order valence-corrected chi connectivity index (χ0v) is 16.9. The Morgan fingerprint density at radius 2 is 2.13 bits per heavy atom. The van der Waals surface area contributed by atoms with Gasteiger partial charge in [-0.2, -0.15) is 0 Å². The molecule has 0 saturated carbocycles. The molecule has 1 aromatic carbocycles.